The van der Waals surface area contributed by atoms with Crippen molar-refractivity contribution in [2.45, 2.75) is 25.7 Å². The molecular formula is C16H21N5OS. The smallest absolute Gasteiger partial charge is 0.141 e. The molecule has 0 saturated carbocycles. The third-order valence-electron chi connectivity index (χ3n) is 3.79. The predicted octanol–water partition coefficient (Wildman–Crippen LogP) is 2.55. The number of fused-ring (bicyclic) bond motifs is 1. The third kappa shape index (κ3) is 3.11. The summed E-state index contributed by atoms with van der Waals surface area (Å²) in [5.41, 5.74) is 9.13. The molecule has 7 heteroatoms. The quantitative estimate of drug-likeness (QED) is 0.897. The molecule has 0 amide bonds. The number of ether oxygens (including phenoxy) is 1. The molecule has 1 aromatic heterocycles. The Morgan fingerprint density at radius 2 is 2.09 bits per heavy atom. The maximum absolute atomic E-state index is 6.01. The SMILES string of the molecule is C/C=C(/N=C1/Sc2c(N)ncnc2C1=C(C)C)N1CCOCC1. The Balaban J connectivity index is 1.99. The Kier molecular flexibility index (Phi) is 4.68. The number of nitrogens with zero attached hydrogens (tertiary/aromatic N) is 4. The van der Waals surface area contributed by atoms with Gasteiger partial charge in [0.1, 0.15) is 23.0 Å². The Morgan fingerprint density at radius 3 is 2.74 bits per heavy atom. The zero-order valence-corrected chi connectivity index (χ0v) is 14.5. The molecule has 0 unspecified atom stereocenters. The average molecular weight is 331 g/mol. The van der Waals surface area contributed by atoms with Crippen molar-refractivity contribution in [3.05, 3.63) is 29.5 Å². The maximum atomic E-state index is 6.01. The molecule has 2 aliphatic rings. The second-order valence-corrected chi connectivity index (χ2v) is 6.58. The van der Waals surface area contributed by atoms with Crippen molar-refractivity contribution in [3.8, 4) is 0 Å². The fourth-order valence-corrected chi connectivity index (χ4v) is 3.80. The van der Waals surface area contributed by atoms with E-state index in [2.05, 4.69) is 28.7 Å². The summed E-state index contributed by atoms with van der Waals surface area (Å²) in [4.78, 5) is 16.6. The van der Waals surface area contributed by atoms with E-state index < -0.39 is 0 Å². The fourth-order valence-electron chi connectivity index (χ4n) is 2.66. The van der Waals surface area contributed by atoms with Gasteiger partial charge in [0.2, 0.25) is 0 Å². The molecule has 122 valence electrons. The van der Waals surface area contributed by atoms with Crippen molar-refractivity contribution in [2.24, 2.45) is 4.99 Å². The van der Waals surface area contributed by atoms with Crippen LogP contribution in [0.25, 0.3) is 5.57 Å². The number of hydrogen-bond donors (Lipinski definition) is 1. The van der Waals surface area contributed by atoms with Crippen LogP contribution in [0.1, 0.15) is 26.5 Å². The molecule has 3 rings (SSSR count). The van der Waals surface area contributed by atoms with Gasteiger partial charge < -0.3 is 15.4 Å². The van der Waals surface area contributed by atoms with Gasteiger partial charge in [0.05, 0.1) is 23.8 Å². The molecule has 0 aliphatic carbocycles. The second-order valence-electron chi connectivity index (χ2n) is 5.58. The number of hydrogen-bond acceptors (Lipinski definition) is 7. The van der Waals surface area contributed by atoms with Crippen LogP contribution in [0.2, 0.25) is 0 Å². The molecule has 2 aliphatic heterocycles. The van der Waals surface area contributed by atoms with Crippen LogP contribution in [0.4, 0.5) is 5.82 Å². The van der Waals surface area contributed by atoms with Crippen molar-refractivity contribution in [1.82, 2.24) is 14.9 Å². The topological polar surface area (TPSA) is 76.6 Å². The molecule has 6 nitrogen and oxygen atoms in total. The van der Waals surface area contributed by atoms with Crippen molar-refractivity contribution >= 4 is 28.2 Å². The van der Waals surface area contributed by atoms with Gasteiger partial charge in [-0.15, -0.1) is 0 Å². The standard InChI is InChI=1S/C16H21N5OS/c1-4-11(21-5-7-22-8-6-21)20-16-12(10(2)3)13-14(23-16)15(17)19-9-18-13/h4,9H,5-8H2,1-3H3,(H2,17,18,19)/b11-4-,20-16+. The first-order chi connectivity index (χ1) is 11.1. The number of nitrogen functional groups attached to an aromatic ring is 1. The van der Waals surface area contributed by atoms with Crippen LogP contribution in [0.15, 0.2) is 33.7 Å². The van der Waals surface area contributed by atoms with Gasteiger partial charge in [-0.2, -0.15) is 0 Å². The molecule has 1 saturated heterocycles. The summed E-state index contributed by atoms with van der Waals surface area (Å²) in [7, 11) is 0. The molecule has 3 heterocycles. The summed E-state index contributed by atoms with van der Waals surface area (Å²) in [5, 5.41) is 0.937. The molecule has 0 bridgehead atoms. The lowest BCUT2D eigenvalue weighted by Crippen LogP contribution is -2.35. The predicted molar refractivity (Wildman–Crippen MR) is 94.2 cm³/mol. The number of nitrogens with two attached hydrogens (primary N) is 1. The van der Waals surface area contributed by atoms with Gasteiger partial charge >= 0.3 is 0 Å². The second kappa shape index (κ2) is 6.72. The molecule has 2 N–H and O–H groups in total. The largest absolute Gasteiger partial charge is 0.383 e. The summed E-state index contributed by atoms with van der Waals surface area (Å²) in [5.74, 6) is 1.48. The van der Waals surface area contributed by atoms with Gasteiger partial charge in [-0.05, 0) is 26.8 Å². The molecule has 0 radical (unpaired) electrons. The average Bonchev–Trinajstić information content (AvgIpc) is 2.93. The van der Waals surface area contributed by atoms with Crippen molar-refractivity contribution < 1.29 is 4.74 Å². The van der Waals surface area contributed by atoms with Gasteiger partial charge in [-0.1, -0.05) is 17.3 Å². The summed E-state index contributed by atoms with van der Waals surface area (Å²) < 4.78 is 5.42. The molecule has 0 spiro atoms. The van der Waals surface area contributed by atoms with Crippen molar-refractivity contribution in [2.75, 3.05) is 32.0 Å². The number of anilines is 1. The van der Waals surface area contributed by atoms with E-state index in [0.29, 0.717) is 5.82 Å². The number of morpholine rings is 1. The van der Waals surface area contributed by atoms with Crippen LogP contribution in [-0.4, -0.2) is 46.2 Å². The number of rotatable bonds is 2. The summed E-state index contributed by atoms with van der Waals surface area (Å²) in [6, 6.07) is 0. The minimum atomic E-state index is 0.511. The Hall–Kier alpha value is -1.86. The van der Waals surface area contributed by atoms with Gasteiger partial charge in [-0.25, -0.2) is 15.0 Å². The highest BCUT2D eigenvalue weighted by molar-refractivity contribution is 8.15. The number of aromatic nitrogens is 2. The van der Waals surface area contributed by atoms with Crippen LogP contribution in [0.3, 0.4) is 0 Å². The van der Waals surface area contributed by atoms with E-state index in [1.807, 2.05) is 13.0 Å². The third-order valence-corrected chi connectivity index (χ3v) is 4.89. The molecule has 1 fully saturated rings. The number of aliphatic imine (C=N–C) groups is 1. The maximum Gasteiger partial charge on any atom is 0.141 e. The van der Waals surface area contributed by atoms with E-state index in [0.717, 1.165) is 53.3 Å². The highest BCUT2D eigenvalue weighted by atomic mass is 32.2. The Bertz CT molecular complexity index is 700. The fraction of sp³-hybridized carbons (Fsp3) is 0.438. The number of thioether (sulfide) groups is 1. The van der Waals surface area contributed by atoms with Crippen molar-refractivity contribution in [3.63, 3.8) is 0 Å². The van der Waals surface area contributed by atoms with Gasteiger partial charge in [-0.3, -0.25) is 0 Å². The van der Waals surface area contributed by atoms with E-state index in [4.69, 9.17) is 15.5 Å². The lowest BCUT2D eigenvalue weighted by molar-refractivity contribution is 0.0531. The highest BCUT2D eigenvalue weighted by Gasteiger charge is 2.29. The van der Waals surface area contributed by atoms with E-state index in [1.165, 1.54) is 11.9 Å². The normalized spacial score (nSPS) is 20.1. The summed E-state index contributed by atoms with van der Waals surface area (Å²) in [6.45, 7) is 9.36. The van der Waals surface area contributed by atoms with Crippen LogP contribution >= 0.6 is 11.8 Å². The first kappa shape index (κ1) is 16.0. The zero-order valence-electron chi connectivity index (χ0n) is 13.7. The van der Waals surface area contributed by atoms with Crippen LogP contribution < -0.4 is 5.73 Å². The van der Waals surface area contributed by atoms with Crippen LogP contribution in [0.5, 0.6) is 0 Å². The minimum Gasteiger partial charge on any atom is -0.383 e. The highest BCUT2D eigenvalue weighted by Crippen LogP contribution is 2.44. The van der Waals surface area contributed by atoms with E-state index in [1.54, 1.807) is 11.8 Å². The van der Waals surface area contributed by atoms with Gasteiger partial charge in [0.25, 0.3) is 0 Å². The molecule has 1 aromatic rings. The van der Waals surface area contributed by atoms with Gasteiger partial charge in [0.15, 0.2) is 0 Å². The molecule has 0 atom stereocenters. The number of allylic oxidation sites excluding steroid dienone is 2. The van der Waals surface area contributed by atoms with Gasteiger partial charge in [0, 0.05) is 18.7 Å². The molecular weight excluding hydrogens is 310 g/mol. The monoisotopic (exact) mass is 331 g/mol. The van der Waals surface area contributed by atoms with E-state index in [-0.39, 0.29) is 0 Å². The minimum absolute atomic E-state index is 0.511. The molecule has 23 heavy (non-hydrogen) atoms. The first-order valence-corrected chi connectivity index (χ1v) is 8.47. The van der Waals surface area contributed by atoms with E-state index >= 15 is 0 Å². The van der Waals surface area contributed by atoms with Crippen LogP contribution in [-0.2, 0) is 4.74 Å². The van der Waals surface area contributed by atoms with Crippen molar-refractivity contribution in [1.29, 1.82) is 0 Å². The Morgan fingerprint density at radius 1 is 1.35 bits per heavy atom. The lowest BCUT2D eigenvalue weighted by atomic mass is 10.1. The zero-order chi connectivity index (χ0) is 16.4. The summed E-state index contributed by atoms with van der Waals surface area (Å²) >= 11 is 1.55. The summed E-state index contributed by atoms with van der Waals surface area (Å²) in [6.07, 6.45) is 3.55. The van der Waals surface area contributed by atoms with E-state index in [9.17, 15) is 0 Å². The first-order valence-electron chi connectivity index (χ1n) is 7.66. The Labute approximate surface area is 140 Å². The van der Waals surface area contributed by atoms with Crippen LogP contribution in [0, 0.1) is 0 Å². The molecule has 0 aromatic carbocycles. The lowest BCUT2D eigenvalue weighted by Gasteiger charge is -2.29.